The third-order valence-corrected chi connectivity index (χ3v) is 6.23. The van der Waals surface area contributed by atoms with E-state index in [-0.39, 0.29) is 33.5 Å². The average Bonchev–Trinajstić information content (AvgIpc) is 3.21. The van der Waals surface area contributed by atoms with Crippen LogP contribution in [0.1, 0.15) is 43.4 Å². The topological polar surface area (TPSA) is 84.0 Å². The van der Waals surface area contributed by atoms with Crippen LogP contribution < -0.4 is 10.6 Å². The maximum absolute atomic E-state index is 14.1. The number of benzene rings is 3. The van der Waals surface area contributed by atoms with Gasteiger partial charge in [0.25, 0.3) is 11.8 Å². The first-order valence-corrected chi connectivity index (χ1v) is 11.3. The van der Waals surface area contributed by atoms with Crippen molar-refractivity contribution in [3.8, 4) is 11.1 Å². The summed E-state index contributed by atoms with van der Waals surface area (Å²) in [7, 11) is 0. The number of nitrogens with zero attached hydrogens (tertiary/aromatic N) is 2. The second-order valence-corrected chi connectivity index (χ2v) is 8.77. The van der Waals surface area contributed by atoms with Crippen LogP contribution in [0, 0.1) is 11.6 Å². The Morgan fingerprint density at radius 2 is 1.68 bits per heavy atom. The molecular formula is C26H14ClF5N4O2. The molecule has 2 amide bonds. The van der Waals surface area contributed by atoms with Gasteiger partial charge in [-0.3, -0.25) is 9.59 Å². The van der Waals surface area contributed by atoms with Crippen molar-refractivity contribution < 1.29 is 31.5 Å². The molecule has 0 aliphatic carbocycles. The molecule has 0 radical (unpaired) electrons. The number of halogens is 6. The molecule has 5 rings (SSSR count). The molecule has 12 heteroatoms. The van der Waals surface area contributed by atoms with Crippen molar-refractivity contribution in [1.29, 1.82) is 0 Å². The third kappa shape index (κ3) is 4.80. The van der Waals surface area contributed by atoms with Crippen LogP contribution in [0.3, 0.4) is 0 Å². The van der Waals surface area contributed by atoms with Gasteiger partial charge in [0.1, 0.15) is 18.0 Å². The van der Waals surface area contributed by atoms with E-state index in [2.05, 4.69) is 20.6 Å². The Morgan fingerprint density at radius 1 is 0.947 bits per heavy atom. The monoisotopic (exact) mass is 544 g/mol. The van der Waals surface area contributed by atoms with Gasteiger partial charge in [-0.05, 0) is 54.1 Å². The van der Waals surface area contributed by atoms with Gasteiger partial charge in [-0.25, -0.2) is 18.7 Å². The first kappa shape index (κ1) is 25.3. The summed E-state index contributed by atoms with van der Waals surface area (Å²) in [4.78, 5) is 33.9. The van der Waals surface area contributed by atoms with Gasteiger partial charge in [0.05, 0.1) is 11.6 Å². The van der Waals surface area contributed by atoms with Crippen molar-refractivity contribution in [2.45, 2.75) is 12.2 Å². The highest BCUT2D eigenvalue weighted by atomic mass is 35.5. The summed E-state index contributed by atoms with van der Waals surface area (Å²) >= 11 is 6.28. The van der Waals surface area contributed by atoms with Crippen molar-refractivity contribution >= 4 is 29.1 Å². The lowest BCUT2D eigenvalue weighted by Crippen LogP contribution is -2.21. The molecule has 0 saturated heterocycles. The number of amides is 2. The van der Waals surface area contributed by atoms with E-state index in [1.165, 1.54) is 36.9 Å². The number of nitrogens with one attached hydrogen (secondary N) is 2. The second-order valence-electron chi connectivity index (χ2n) is 8.36. The van der Waals surface area contributed by atoms with Crippen LogP contribution in [0.5, 0.6) is 0 Å². The summed E-state index contributed by atoms with van der Waals surface area (Å²) in [5.74, 6) is -3.52. The molecule has 3 aromatic carbocycles. The normalized spacial score (nSPS) is 14.7. The Bertz CT molecular complexity index is 1600. The number of hydrogen-bond acceptors (Lipinski definition) is 4. The lowest BCUT2D eigenvalue weighted by atomic mass is 9.93. The van der Waals surface area contributed by atoms with Gasteiger partial charge in [0.15, 0.2) is 0 Å². The number of fused-ring (bicyclic) bond motifs is 1. The number of rotatable bonds is 4. The minimum absolute atomic E-state index is 0.00727. The number of carbonyl (C=O) groups is 2. The van der Waals surface area contributed by atoms with Crippen LogP contribution in [0.2, 0.25) is 5.02 Å². The zero-order valence-electron chi connectivity index (χ0n) is 18.9. The molecule has 0 fully saturated rings. The number of alkyl halides is 3. The van der Waals surface area contributed by atoms with Gasteiger partial charge in [-0.2, -0.15) is 13.2 Å². The maximum Gasteiger partial charge on any atom is 0.416 e. The molecule has 38 heavy (non-hydrogen) atoms. The van der Waals surface area contributed by atoms with Crippen molar-refractivity contribution in [3.63, 3.8) is 0 Å². The molecule has 1 aliphatic heterocycles. The number of aromatic nitrogens is 2. The molecule has 2 N–H and O–H groups in total. The van der Waals surface area contributed by atoms with Gasteiger partial charge in [0.2, 0.25) is 0 Å². The Labute approximate surface area is 216 Å². The van der Waals surface area contributed by atoms with Crippen LogP contribution in [-0.4, -0.2) is 21.8 Å². The Morgan fingerprint density at radius 3 is 2.39 bits per heavy atom. The Balaban J connectivity index is 1.66. The molecule has 0 unspecified atom stereocenters. The van der Waals surface area contributed by atoms with Gasteiger partial charge in [-0.15, -0.1) is 0 Å². The van der Waals surface area contributed by atoms with E-state index in [0.717, 1.165) is 12.1 Å². The molecule has 4 aromatic rings. The zero-order valence-corrected chi connectivity index (χ0v) is 19.7. The largest absolute Gasteiger partial charge is 0.416 e. The fraction of sp³-hybridized carbons (Fsp3) is 0.0769. The van der Waals surface area contributed by atoms with Crippen LogP contribution in [0.15, 0.2) is 67.3 Å². The molecule has 0 bridgehead atoms. The quantitative estimate of drug-likeness (QED) is 0.301. The van der Waals surface area contributed by atoms with E-state index in [9.17, 15) is 31.5 Å². The average molecular weight is 545 g/mol. The van der Waals surface area contributed by atoms with E-state index in [1.54, 1.807) is 0 Å². The van der Waals surface area contributed by atoms with Crippen LogP contribution in [0.25, 0.3) is 11.1 Å². The summed E-state index contributed by atoms with van der Waals surface area (Å²) in [6.45, 7) is 0. The van der Waals surface area contributed by atoms with E-state index in [4.69, 9.17) is 11.6 Å². The smallest absolute Gasteiger partial charge is 0.341 e. The highest BCUT2D eigenvalue weighted by Crippen LogP contribution is 2.42. The molecule has 0 spiro atoms. The molecule has 6 nitrogen and oxygen atoms in total. The predicted molar refractivity (Wildman–Crippen MR) is 128 cm³/mol. The van der Waals surface area contributed by atoms with Crippen molar-refractivity contribution in [3.05, 3.63) is 112 Å². The Hall–Kier alpha value is -4.38. The minimum atomic E-state index is -4.89. The molecule has 1 aromatic heterocycles. The van der Waals surface area contributed by atoms with Gasteiger partial charge >= 0.3 is 6.18 Å². The highest BCUT2D eigenvalue weighted by molar-refractivity contribution is 6.31. The SMILES string of the molecule is O=C(Nc1cc(-c2cncnc2)cc2c1[C@@H](c1cc(F)ccc1Cl)NC2=O)c1cc(F)cc(C(F)(F)F)c1. The van der Waals surface area contributed by atoms with E-state index < -0.39 is 46.8 Å². The second kappa shape index (κ2) is 9.49. The summed E-state index contributed by atoms with van der Waals surface area (Å²) in [6, 6.07) is 6.96. The Kier molecular flexibility index (Phi) is 6.31. The number of carbonyl (C=O) groups excluding carboxylic acids is 2. The highest BCUT2D eigenvalue weighted by Gasteiger charge is 2.36. The van der Waals surface area contributed by atoms with E-state index >= 15 is 0 Å². The minimum Gasteiger partial charge on any atom is -0.341 e. The third-order valence-electron chi connectivity index (χ3n) is 5.89. The lowest BCUT2D eigenvalue weighted by Gasteiger charge is -2.19. The van der Waals surface area contributed by atoms with Crippen molar-refractivity contribution in [2.24, 2.45) is 0 Å². The first-order chi connectivity index (χ1) is 18.0. The summed E-state index contributed by atoms with van der Waals surface area (Å²) in [6.07, 6.45) is -0.690. The number of hydrogen-bond donors (Lipinski definition) is 2. The molecule has 0 saturated carbocycles. The van der Waals surface area contributed by atoms with E-state index in [0.29, 0.717) is 23.3 Å². The van der Waals surface area contributed by atoms with Crippen molar-refractivity contribution in [1.82, 2.24) is 15.3 Å². The molecule has 1 aliphatic rings. The summed E-state index contributed by atoms with van der Waals surface area (Å²) in [5.41, 5.74) is -0.581. The maximum atomic E-state index is 14.1. The van der Waals surface area contributed by atoms with Crippen LogP contribution in [0.4, 0.5) is 27.6 Å². The van der Waals surface area contributed by atoms with Gasteiger partial charge in [-0.1, -0.05) is 11.6 Å². The van der Waals surface area contributed by atoms with Gasteiger partial charge < -0.3 is 10.6 Å². The molecule has 2 heterocycles. The van der Waals surface area contributed by atoms with E-state index in [1.807, 2.05) is 0 Å². The molecule has 1 atom stereocenters. The first-order valence-electron chi connectivity index (χ1n) is 10.9. The molecular weight excluding hydrogens is 531 g/mol. The van der Waals surface area contributed by atoms with Crippen LogP contribution >= 0.6 is 11.6 Å². The molecule has 192 valence electrons. The van der Waals surface area contributed by atoms with Gasteiger partial charge in [0, 0.05) is 50.9 Å². The fourth-order valence-corrected chi connectivity index (χ4v) is 4.43. The standard InChI is InChI=1S/C26H14ClF5N4O2/c27-20-2-1-16(28)8-18(20)23-22-19(25(38)36-23)5-12(14-9-33-11-34-10-14)6-21(22)35-24(37)13-3-15(26(30,31)32)7-17(29)4-13/h1-11,23H,(H,35,37)(H,36,38)/t23-/m1/s1. The zero-order chi connectivity index (χ0) is 27.2. The summed E-state index contributed by atoms with van der Waals surface area (Å²) < 4.78 is 67.7. The van der Waals surface area contributed by atoms with Crippen molar-refractivity contribution in [2.75, 3.05) is 5.32 Å². The lowest BCUT2D eigenvalue weighted by molar-refractivity contribution is -0.137. The summed E-state index contributed by atoms with van der Waals surface area (Å²) in [5, 5.41) is 5.31. The fourth-order valence-electron chi connectivity index (χ4n) is 4.20. The van der Waals surface area contributed by atoms with Crippen LogP contribution in [-0.2, 0) is 6.18 Å². The predicted octanol–water partition coefficient (Wildman–Crippen LogP) is 6.18. The number of anilines is 1.